The molecule has 0 heterocycles. The Labute approximate surface area is 127 Å². The topological polar surface area (TPSA) is 82.1 Å². The van der Waals surface area contributed by atoms with Gasteiger partial charge < -0.3 is 20.9 Å². The van der Waals surface area contributed by atoms with Crippen molar-refractivity contribution in [1.29, 1.82) is 0 Å². The number of nitrogens with zero attached hydrogens (tertiary/aromatic N) is 2. The second kappa shape index (κ2) is 6.95. The minimum Gasteiger partial charge on any atom is -0.409 e. The van der Waals surface area contributed by atoms with Crippen LogP contribution in [0.1, 0.15) is 31.2 Å². The maximum Gasteiger partial charge on any atom is 0.172 e. The van der Waals surface area contributed by atoms with Gasteiger partial charge in [-0.3, -0.25) is 0 Å². The maximum absolute atomic E-state index is 9.34. The molecule has 1 saturated carbocycles. The zero-order valence-electron chi connectivity index (χ0n) is 11.3. The van der Waals surface area contributed by atoms with Gasteiger partial charge in [0.1, 0.15) is 0 Å². The molecule has 1 aliphatic rings. The third-order valence-electron chi connectivity index (χ3n) is 3.76. The maximum atomic E-state index is 9.34. The summed E-state index contributed by atoms with van der Waals surface area (Å²) in [6.45, 7) is 0.639. The fourth-order valence-electron chi connectivity index (χ4n) is 2.84. The average Bonchev–Trinajstić information content (AvgIpc) is 2.98. The summed E-state index contributed by atoms with van der Waals surface area (Å²) in [5.41, 5.74) is 7.38. The molecule has 6 heteroatoms. The first-order valence-corrected chi connectivity index (χ1v) is 7.61. The quantitative estimate of drug-likeness (QED) is 0.332. The van der Waals surface area contributed by atoms with Gasteiger partial charge in [0, 0.05) is 28.3 Å². The van der Waals surface area contributed by atoms with Gasteiger partial charge in [0.2, 0.25) is 0 Å². The molecule has 1 fully saturated rings. The number of amidine groups is 1. The zero-order chi connectivity index (χ0) is 14.5. The summed E-state index contributed by atoms with van der Waals surface area (Å²) < 4.78 is 0.873. The largest absolute Gasteiger partial charge is 0.409 e. The fourth-order valence-corrected chi connectivity index (χ4v) is 3.20. The standard InChI is InChI=1S/C14H20BrN3O2/c15-10-5-6-13(12(9-10)14(16)17-20)18(7-8-19)11-3-1-2-4-11/h5-6,9,11,19-20H,1-4,7-8H2,(H2,16,17). The van der Waals surface area contributed by atoms with Gasteiger partial charge >= 0.3 is 0 Å². The molecule has 0 bridgehead atoms. The van der Waals surface area contributed by atoms with Crippen LogP contribution in [-0.4, -0.2) is 35.3 Å². The molecule has 4 N–H and O–H groups in total. The number of benzene rings is 1. The molecule has 1 aromatic carbocycles. The number of nitrogens with two attached hydrogens (primary N) is 1. The second-order valence-corrected chi connectivity index (χ2v) is 5.92. The van der Waals surface area contributed by atoms with Gasteiger partial charge in [0.05, 0.1) is 6.61 Å². The minimum absolute atomic E-state index is 0.0854. The van der Waals surface area contributed by atoms with Crippen LogP contribution in [0.4, 0.5) is 5.69 Å². The Morgan fingerprint density at radius 2 is 2.10 bits per heavy atom. The van der Waals surface area contributed by atoms with E-state index in [9.17, 15) is 5.11 Å². The average molecular weight is 342 g/mol. The number of aliphatic hydroxyl groups is 1. The molecule has 1 aliphatic carbocycles. The van der Waals surface area contributed by atoms with Crippen molar-refractivity contribution in [3.8, 4) is 0 Å². The Morgan fingerprint density at radius 3 is 2.70 bits per heavy atom. The van der Waals surface area contributed by atoms with Crippen LogP contribution in [-0.2, 0) is 0 Å². The first-order valence-electron chi connectivity index (χ1n) is 6.82. The summed E-state index contributed by atoms with van der Waals surface area (Å²) in [5, 5.41) is 21.4. The highest BCUT2D eigenvalue weighted by atomic mass is 79.9. The highest BCUT2D eigenvalue weighted by Gasteiger charge is 2.25. The molecule has 1 aromatic rings. The highest BCUT2D eigenvalue weighted by molar-refractivity contribution is 9.10. The molecule has 0 atom stereocenters. The molecule has 0 saturated heterocycles. The lowest BCUT2D eigenvalue weighted by molar-refractivity contribution is 0.297. The third-order valence-corrected chi connectivity index (χ3v) is 4.25. The second-order valence-electron chi connectivity index (χ2n) is 5.00. The van der Waals surface area contributed by atoms with Gasteiger partial charge in [0.25, 0.3) is 0 Å². The summed E-state index contributed by atoms with van der Waals surface area (Å²) in [7, 11) is 0. The molecule has 110 valence electrons. The summed E-state index contributed by atoms with van der Waals surface area (Å²) in [5.74, 6) is 0.0854. The zero-order valence-corrected chi connectivity index (χ0v) is 12.9. The van der Waals surface area contributed by atoms with Crippen LogP contribution in [0.15, 0.2) is 27.8 Å². The predicted molar refractivity (Wildman–Crippen MR) is 83.3 cm³/mol. The molecule has 20 heavy (non-hydrogen) atoms. The van der Waals surface area contributed by atoms with E-state index in [4.69, 9.17) is 10.9 Å². The van der Waals surface area contributed by atoms with Gasteiger partial charge in [-0.15, -0.1) is 0 Å². The van der Waals surface area contributed by atoms with E-state index in [1.807, 2.05) is 18.2 Å². The molecule has 0 unspecified atom stereocenters. The van der Waals surface area contributed by atoms with E-state index < -0.39 is 0 Å². The lowest BCUT2D eigenvalue weighted by atomic mass is 10.1. The van der Waals surface area contributed by atoms with Crippen molar-refractivity contribution in [3.05, 3.63) is 28.2 Å². The Bertz CT molecular complexity index is 487. The van der Waals surface area contributed by atoms with E-state index in [1.54, 1.807) is 0 Å². The smallest absolute Gasteiger partial charge is 0.172 e. The summed E-state index contributed by atoms with van der Waals surface area (Å²) in [4.78, 5) is 2.17. The van der Waals surface area contributed by atoms with Crippen molar-refractivity contribution in [2.24, 2.45) is 10.9 Å². The SMILES string of the molecule is N/C(=N/O)c1cc(Br)ccc1N(CCO)C1CCCC1. The van der Waals surface area contributed by atoms with Gasteiger partial charge in [0.15, 0.2) is 5.84 Å². The molecule has 2 rings (SSSR count). The molecule has 0 amide bonds. The third kappa shape index (κ3) is 3.24. The minimum atomic E-state index is 0.0854. The Kier molecular flexibility index (Phi) is 5.25. The van der Waals surface area contributed by atoms with Crippen molar-refractivity contribution >= 4 is 27.5 Å². The van der Waals surface area contributed by atoms with E-state index in [2.05, 4.69) is 26.0 Å². The molecule has 0 spiro atoms. The van der Waals surface area contributed by atoms with E-state index in [0.717, 1.165) is 23.0 Å². The van der Waals surface area contributed by atoms with Gasteiger partial charge in [-0.2, -0.15) is 0 Å². The van der Waals surface area contributed by atoms with Crippen LogP contribution < -0.4 is 10.6 Å². The molecule has 5 nitrogen and oxygen atoms in total. The number of aliphatic hydroxyl groups excluding tert-OH is 1. The fraction of sp³-hybridized carbons (Fsp3) is 0.500. The predicted octanol–water partition coefficient (Wildman–Crippen LogP) is 2.28. The van der Waals surface area contributed by atoms with Crippen LogP contribution in [0.3, 0.4) is 0 Å². The number of oxime groups is 1. The lowest BCUT2D eigenvalue weighted by Gasteiger charge is -2.32. The van der Waals surface area contributed by atoms with Crippen LogP contribution in [0.25, 0.3) is 0 Å². The van der Waals surface area contributed by atoms with E-state index in [-0.39, 0.29) is 12.4 Å². The Balaban J connectivity index is 2.41. The normalized spacial score (nSPS) is 16.6. The van der Waals surface area contributed by atoms with Gasteiger partial charge in [-0.05, 0) is 31.0 Å². The van der Waals surface area contributed by atoms with Gasteiger partial charge in [-0.25, -0.2) is 0 Å². The van der Waals surface area contributed by atoms with E-state index in [1.165, 1.54) is 12.8 Å². The van der Waals surface area contributed by atoms with Crippen molar-refractivity contribution in [2.45, 2.75) is 31.7 Å². The van der Waals surface area contributed by atoms with Crippen molar-refractivity contribution in [2.75, 3.05) is 18.1 Å². The van der Waals surface area contributed by atoms with Crippen LogP contribution in [0.5, 0.6) is 0 Å². The van der Waals surface area contributed by atoms with Crippen molar-refractivity contribution in [1.82, 2.24) is 0 Å². The molecule has 0 aromatic heterocycles. The number of hydrogen-bond donors (Lipinski definition) is 3. The monoisotopic (exact) mass is 341 g/mol. The first-order chi connectivity index (χ1) is 9.67. The lowest BCUT2D eigenvalue weighted by Crippen LogP contribution is -2.37. The number of halogens is 1. The Morgan fingerprint density at radius 1 is 1.40 bits per heavy atom. The van der Waals surface area contributed by atoms with Crippen molar-refractivity contribution < 1.29 is 10.3 Å². The number of rotatable bonds is 5. The van der Waals surface area contributed by atoms with Crippen molar-refractivity contribution in [3.63, 3.8) is 0 Å². The molecular weight excluding hydrogens is 322 g/mol. The summed E-state index contributed by atoms with van der Waals surface area (Å²) in [6.07, 6.45) is 4.65. The molecule has 0 radical (unpaired) electrons. The number of anilines is 1. The summed E-state index contributed by atoms with van der Waals surface area (Å²) in [6, 6.07) is 6.13. The molecule has 0 aliphatic heterocycles. The van der Waals surface area contributed by atoms with E-state index >= 15 is 0 Å². The molecular formula is C14H20BrN3O2. The van der Waals surface area contributed by atoms with E-state index in [0.29, 0.717) is 18.2 Å². The first kappa shape index (κ1) is 15.1. The van der Waals surface area contributed by atoms with Crippen LogP contribution in [0.2, 0.25) is 0 Å². The Hall–Kier alpha value is -1.27. The van der Waals surface area contributed by atoms with Gasteiger partial charge in [-0.1, -0.05) is 33.9 Å². The summed E-state index contributed by atoms with van der Waals surface area (Å²) >= 11 is 3.41. The highest BCUT2D eigenvalue weighted by Crippen LogP contribution is 2.31. The van der Waals surface area contributed by atoms with Crippen LogP contribution in [0, 0.1) is 0 Å². The van der Waals surface area contributed by atoms with Crippen LogP contribution >= 0.6 is 15.9 Å². The number of hydrogen-bond acceptors (Lipinski definition) is 4.